The number of nitrogen functional groups attached to an aromatic ring is 1. The van der Waals surface area contributed by atoms with Crippen molar-refractivity contribution < 1.29 is 19.0 Å². The Morgan fingerprint density at radius 3 is 2.75 bits per heavy atom. The van der Waals surface area contributed by atoms with Crippen molar-refractivity contribution in [1.82, 2.24) is 0 Å². The lowest BCUT2D eigenvalue weighted by Crippen LogP contribution is -2.15. The molecule has 0 saturated heterocycles. The summed E-state index contributed by atoms with van der Waals surface area (Å²) in [4.78, 5) is 11.4. The van der Waals surface area contributed by atoms with Crippen molar-refractivity contribution in [3.63, 3.8) is 0 Å². The van der Waals surface area contributed by atoms with Crippen LogP contribution in [0.2, 0.25) is 0 Å². The molecule has 1 atom stereocenters. The van der Waals surface area contributed by atoms with Gasteiger partial charge in [0.1, 0.15) is 12.4 Å². The number of halogens is 1. The fraction of sp³-hybridized carbons (Fsp3) is 0.364. The topological polar surface area (TPSA) is 72.6 Å². The first-order chi connectivity index (χ1) is 7.41. The Morgan fingerprint density at radius 1 is 1.62 bits per heavy atom. The van der Waals surface area contributed by atoms with Gasteiger partial charge in [-0.3, -0.25) is 0 Å². The number of ether oxygens (including phenoxy) is 1. The quantitative estimate of drug-likeness (QED) is 0.602. The molecule has 4 nitrogen and oxygen atoms in total. The summed E-state index contributed by atoms with van der Waals surface area (Å²) in [5, 5.41) is 8.93. The van der Waals surface area contributed by atoms with Crippen molar-refractivity contribution in [2.75, 3.05) is 12.3 Å². The number of nitrogens with two attached hydrogens (primary N) is 1. The monoisotopic (exact) mass is 227 g/mol. The predicted molar refractivity (Wildman–Crippen MR) is 57.5 cm³/mol. The lowest BCUT2D eigenvalue weighted by molar-refractivity contribution is 0.0296. The Balaban J connectivity index is 2.84. The molecule has 88 valence electrons. The Labute approximate surface area is 92.8 Å². The molecule has 0 heterocycles. The molecule has 1 aromatic carbocycles. The Hall–Kier alpha value is -1.62. The van der Waals surface area contributed by atoms with Crippen LogP contribution in [0.5, 0.6) is 0 Å². The second-order valence-electron chi connectivity index (χ2n) is 3.62. The molecule has 0 aliphatic heterocycles. The van der Waals surface area contributed by atoms with E-state index >= 15 is 0 Å². The van der Waals surface area contributed by atoms with Gasteiger partial charge in [-0.25, -0.2) is 9.18 Å². The maximum Gasteiger partial charge on any atom is 0.338 e. The van der Waals surface area contributed by atoms with Crippen LogP contribution in [0, 0.1) is 12.7 Å². The molecule has 0 fully saturated rings. The largest absolute Gasteiger partial charge is 0.459 e. The van der Waals surface area contributed by atoms with Gasteiger partial charge in [0, 0.05) is 11.3 Å². The molecule has 1 aromatic rings. The number of aliphatic hydroxyl groups excluding tert-OH is 1. The van der Waals surface area contributed by atoms with Crippen LogP contribution in [0.1, 0.15) is 22.8 Å². The zero-order chi connectivity index (χ0) is 12.3. The van der Waals surface area contributed by atoms with E-state index in [1.165, 1.54) is 19.9 Å². The van der Waals surface area contributed by atoms with Crippen LogP contribution in [-0.4, -0.2) is 23.8 Å². The summed E-state index contributed by atoms with van der Waals surface area (Å²) in [6, 6.07) is 2.42. The average Bonchev–Trinajstić information content (AvgIpc) is 2.21. The van der Waals surface area contributed by atoms with E-state index in [-0.39, 0.29) is 17.9 Å². The highest BCUT2D eigenvalue weighted by Gasteiger charge is 2.12. The lowest BCUT2D eigenvalue weighted by atomic mass is 10.1. The third kappa shape index (κ3) is 2.93. The number of benzene rings is 1. The highest BCUT2D eigenvalue weighted by atomic mass is 19.1. The number of anilines is 1. The lowest BCUT2D eigenvalue weighted by Gasteiger charge is -2.08. The second kappa shape index (κ2) is 4.94. The van der Waals surface area contributed by atoms with Crippen LogP contribution in [0.15, 0.2) is 12.1 Å². The Morgan fingerprint density at radius 2 is 2.25 bits per heavy atom. The summed E-state index contributed by atoms with van der Waals surface area (Å²) in [6.07, 6.45) is -0.753. The minimum absolute atomic E-state index is 0.0428. The normalized spacial score (nSPS) is 12.2. The number of hydrogen-bond donors (Lipinski definition) is 2. The van der Waals surface area contributed by atoms with Crippen LogP contribution in [0.25, 0.3) is 0 Å². The molecular weight excluding hydrogens is 213 g/mol. The van der Waals surface area contributed by atoms with Gasteiger partial charge in [0.2, 0.25) is 0 Å². The van der Waals surface area contributed by atoms with E-state index in [1.807, 2.05) is 0 Å². The molecule has 0 aliphatic rings. The zero-order valence-electron chi connectivity index (χ0n) is 9.16. The molecule has 5 heteroatoms. The SMILES string of the molecule is Cc1c(N)cc(C(=O)OCC(C)O)cc1F. The van der Waals surface area contributed by atoms with Crippen LogP contribution >= 0.6 is 0 Å². The number of carbonyl (C=O) groups excluding carboxylic acids is 1. The van der Waals surface area contributed by atoms with Gasteiger partial charge in [0.15, 0.2) is 0 Å². The van der Waals surface area contributed by atoms with Gasteiger partial charge in [-0.1, -0.05) is 0 Å². The third-order valence-corrected chi connectivity index (χ3v) is 2.08. The molecule has 0 saturated carbocycles. The molecule has 0 spiro atoms. The molecule has 16 heavy (non-hydrogen) atoms. The van der Waals surface area contributed by atoms with Crippen molar-refractivity contribution in [3.05, 3.63) is 29.1 Å². The van der Waals surface area contributed by atoms with Crippen molar-refractivity contribution in [2.24, 2.45) is 0 Å². The Bertz CT molecular complexity index is 381. The van der Waals surface area contributed by atoms with Gasteiger partial charge in [-0.2, -0.15) is 0 Å². The van der Waals surface area contributed by atoms with Crippen molar-refractivity contribution in [3.8, 4) is 0 Å². The van der Waals surface area contributed by atoms with Gasteiger partial charge in [0.25, 0.3) is 0 Å². The minimum Gasteiger partial charge on any atom is -0.459 e. The molecule has 0 amide bonds. The van der Waals surface area contributed by atoms with Gasteiger partial charge in [-0.05, 0) is 26.0 Å². The van der Waals surface area contributed by atoms with Crippen molar-refractivity contribution in [1.29, 1.82) is 0 Å². The average molecular weight is 227 g/mol. The maximum absolute atomic E-state index is 13.3. The summed E-state index contributed by atoms with van der Waals surface area (Å²) in [6.45, 7) is 2.88. The number of hydrogen-bond acceptors (Lipinski definition) is 4. The van der Waals surface area contributed by atoms with E-state index in [9.17, 15) is 9.18 Å². The van der Waals surface area contributed by atoms with E-state index in [2.05, 4.69) is 0 Å². The Kier molecular flexibility index (Phi) is 3.84. The third-order valence-electron chi connectivity index (χ3n) is 2.08. The van der Waals surface area contributed by atoms with Crippen LogP contribution in [0.3, 0.4) is 0 Å². The molecule has 1 rings (SSSR count). The van der Waals surface area contributed by atoms with E-state index in [0.717, 1.165) is 6.07 Å². The maximum atomic E-state index is 13.3. The van der Waals surface area contributed by atoms with E-state index in [0.29, 0.717) is 5.56 Å². The molecule has 0 radical (unpaired) electrons. The number of carbonyl (C=O) groups is 1. The van der Waals surface area contributed by atoms with Crippen LogP contribution < -0.4 is 5.73 Å². The number of rotatable bonds is 3. The highest BCUT2D eigenvalue weighted by Crippen LogP contribution is 2.18. The summed E-state index contributed by atoms with van der Waals surface area (Å²) >= 11 is 0. The van der Waals surface area contributed by atoms with E-state index in [1.54, 1.807) is 0 Å². The van der Waals surface area contributed by atoms with Gasteiger partial charge >= 0.3 is 5.97 Å². The van der Waals surface area contributed by atoms with Gasteiger partial charge in [-0.15, -0.1) is 0 Å². The molecule has 3 N–H and O–H groups in total. The summed E-state index contributed by atoms with van der Waals surface area (Å²) in [5.41, 5.74) is 6.06. The summed E-state index contributed by atoms with van der Waals surface area (Å²) in [7, 11) is 0. The first kappa shape index (κ1) is 12.4. The predicted octanol–water partition coefficient (Wildman–Crippen LogP) is 1.25. The number of esters is 1. The minimum atomic E-state index is -0.753. The molecule has 0 aromatic heterocycles. The van der Waals surface area contributed by atoms with Crippen LogP contribution in [-0.2, 0) is 4.74 Å². The van der Waals surface area contributed by atoms with Gasteiger partial charge < -0.3 is 15.6 Å². The molecular formula is C11H14FNO3. The van der Waals surface area contributed by atoms with E-state index in [4.69, 9.17) is 15.6 Å². The first-order valence-electron chi connectivity index (χ1n) is 4.82. The van der Waals surface area contributed by atoms with Crippen molar-refractivity contribution in [2.45, 2.75) is 20.0 Å². The summed E-state index contributed by atoms with van der Waals surface area (Å²) < 4.78 is 18.0. The first-order valence-corrected chi connectivity index (χ1v) is 4.82. The second-order valence-corrected chi connectivity index (χ2v) is 3.62. The van der Waals surface area contributed by atoms with Crippen molar-refractivity contribution >= 4 is 11.7 Å². The smallest absolute Gasteiger partial charge is 0.338 e. The van der Waals surface area contributed by atoms with E-state index < -0.39 is 17.9 Å². The van der Waals surface area contributed by atoms with Crippen LogP contribution in [0.4, 0.5) is 10.1 Å². The summed E-state index contributed by atoms with van der Waals surface area (Å²) in [5.74, 6) is -1.25. The van der Waals surface area contributed by atoms with Gasteiger partial charge in [0.05, 0.1) is 11.7 Å². The molecule has 0 aliphatic carbocycles. The number of aliphatic hydroxyl groups is 1. The molecule has 1 unspecified atom stereocenters. The fourth-order valence-corrected chi connectivity index (χ4v) is 1.10. The fourth-order valence-electron chi connectivity index (χ4n) is 1.10. The highest BCUT2D eigenvalue weighted by molar-refractivity contribution is 5.90. The molecule has 0 bridgehead atoms. The zero-order valence-corrected chi connectivity index (χ0v) is 9.16. The standard InChI is InChI=1S/C11H14FNO3/c1-6(14)5-16-11(15)8-3-9(12)7(2)10(13)4-8/h3-4,6,14H,5,13H2,1-2H3.